The summed E-state index contributed by atoms with van der Waals surface area (Å²) in [6, 6.07) is 10.3. The number of nitrogens with one attached hydrogen (secondary N) is 1. The van der Waals surface area contributed by atoms with E-state index >= 15 is 0 Å². The second-order valence-electron chi connectivity index (χ2n) is 7.25. The summed E-state index contributed by atoms with van der Waals surface area (Å²) in [5.74, 6) is -0.586. The molecular weight excluding hydrogens is 487 g/mol. The van der Waals surface area contributed by atoms with Crippen LogP contribution in [-0.4, -0.2) is 35.4 Å². The fraction of sp³-hybridized carbons (Fsp3) is 0.391. The van der Waals surface area contributed by atoms with Gasteiger partial charge >= 0.3 is 0 Å². The van der Waals surface area contributed by atoms with E-state index in [1.807, 2.05) is 20.8 Å². The molecule has 168 valence electrons. The molecule has 0 radical (unpaired) electrons. The first-order valence-electron chi connectivity index (χ1n) is 10.2. The zero-order valence-electron chi connectivity index (χ0n) is 17.8. The fourth-order valence-corrected chi connectivity index (χ4v) is 3.69. The van der Waals surface area contributed by atoms with E-state index in [1.165, 1.54) is 17.0 Å². The largest absolute Gasteiger partial charge is 0.482 e. The quantitative estimate of drug-likeness (QED) is 0.466. The standard InChI is InChI=1S/C23H27BrClFN2O3/c1-4-15(3)27-23(30)20(5-2)28(13-16-6-9-18(26)10-7-16)22(29)14-31-21-11-8-17(24)12-19(21)25/h6-12,15,20H,4-5,13-14H2,1-3H3,(H,27,30)/t15-,20+/m1/s1. The molecule has 0 fully saturated rings. The van der Waals surface area contributed by atoms with Gasteiger partial charge in [0.1, 0.15) is 17.6 Å². The molecule has 0 bridgehead atoms. The summed E-state index contributed by atoms with van der Waals surface area (Å²) in [7, 11) is 0. The van der Waals surface area contributed by atoms with Gasteiger partial charge in [-0.05, 0) is 55.7 Å². The number of rotatable bonds is 10. The van der Waals surface area contributed by atoms with Gasteiger partial charge < -0.3 is 15.0 Å². The number of benzene rings is 2. The first-order chi connectivity index (χ1) is 14.7. The number of nitrogens with zero attached hydrogens (tertiary/aromatic N) is 1. The molecule has 2 aromatic rings. The van der Waals surface area contributed by atoms with E-state index < -0.39 is 6.04 Å². The van der Waals surface area contributed by atoms with E-state index in [-0.39, 0.29) is 36.8 Å². The molecule has 0 spiro atoms. The number of halogens is 3. The summed E-state index contributed by atoms with van der Waals surface area (Å²) in [5, 5.41) is 3.31. The second kappa shape index (κ2) is 12.1. The maximum Gasteiger partial charge on any atom is 0.261 e. The van der Waals surface area contributed by atoms with Crippen LogP contribution < -0.4 is 10.1 Å². The molecule has 1 N–H and O–H groups in total. The number of carbonyl (C=O) groups excluding carboxylic acids is 2. The Morgan fingerprint density at radius 3 is 2.42 bits per heavy atom. The highest BCUT2D eigenvalue weighted by Crippen LogP contribution is 2.28. The highest BCUT2D eigenvalue weighted by molar-refractivity contribution is 9.10. The van der Waals surface area contributed by atoms with Gasteiger partial charge in [0.05, 0.1) is 5.02 Å². The average Bonchev–Trinajstić information content (AvgIpc) is 2.74. The molecule has 2 rings (SSSR count). The highest BCUT2D eigenvalue weighted by atomic mass is 79.9. The number of carbonyl (C=O) groups is 2. The number of ether oxygens (including phenoxy) is 1. The topological polar surface area (TPSA) is 58.6 Å². The molecule has 31 heavy (non-hydrogen) atoms. The molecule has 2 atom stereocenters. The van der Waals surface area contributed by atoms with Crippen LogP contribution in [0, 0.1) is 5.82 Å². The number of amides is 2. The van der Waals surface area contributed by atoms with E-state index in [4.69, 9.17) is 16.3 Å². The minimum Gasteiger partial charge on any atom is -0.482 e. The minimum atomic E-state index is -0.685. The second-order valence-corrected chi connectivity index (χ2v) is 8.58. The van der Waals surface area contributed by atoms with E-state index in [0.29, 0.717) is 22.8 Å². The van der Waals surface area contributed by atoms with Crippen molar-refractivity contribution in [2.24, 2.45) is 0 Å². The lowest BCUT2D eigenvalue weighted by molar-refractivity contribution is -0.143. The predicted octanol–water partition coefficient (Wildman–Crippen LogP) is 5.34. The van der Waals surface area contributed by atoms with Crippen LogP contribution in [-0.2, 0) is 16.1 Å². The molecule has 8 heteroatoms. The zero-order chi connectivity index (χ0) is 23.0. The molecule has 0 unspecified atom stereocenters. The molecule has 0 saturated heterocycles. The van der Waals surface area contributed by atoms with Crippen LogP contribution in [0.4, 0.5) is 4.39 Å². The van der Waals surface area contributed by atoms with Crippen LogP contribution in [0.2, 0.25) is 5.02 Å². The Morgan fingerprint density at radius 1 is 1.16 bits per heavy atom. The summed E-state index contributed by atoms with van der Waals surface area (Å²) in [5.41, 5.74) is 0.714. The lowest BCUT2D eigenvalue weighted by Gasteiger charge is -2.31. The summed E-state index contributed by atoms with van der Waals surface area (Å²) >= 11 is 9.50. The summed E-state index contributed by atoms with van der Waals surface area (Å²) in [6.45, 7) is 5.61. The van der Waals surface area contributed by atoms with E-state index in [9.17, 15) is 14.0 Å². The smallest absolute Gasteiger partial charge is 0.261 e. The van der Waals surface area contributed by atoms with Crippen LogP contribution >= 0.6 is 27.5 Å². The third-order valence-corrected chi connectivity index (χ3v) is 5.69. The summed E-state index contributed by atoms with van der Waals surface area (Å²) in [4.78, 5) is 27.5. The van der Waals surface area contributed by atoms with Crippen LogP contribution in [0.5, 0.6) is 5.75 Å². The van der Waals surface area contributed by atoms with Crippen molar-refractivity contribution >= 4 is 39.3 Å². The van der Waals surface area contributed by atoms with Gasteiger partial charge in [0.25, 0.3) is 5.91 Å². The van der Waals surface area contributed by atoms with Crippen LogP contribution in [0.3, 0.4) is 0 Å². The van der Waals surface area contributed by atoms with Gasteiger partial charge in [-0.1, -0.05) is 53.5 Å². The molecule has 2 aromatic carbocycles. The monoisotopic (exact) mass is 512 g/mol. The molecule has 0 aromatic heterocycles. The van der Waals surface area contributed by atoms with Crippen molar-refractivity contribution in [2.45, 2.75) is 52.2 Å². The predicted molar refractivity (Wildman–Crippen MR) is 124 cm³/mol. The molecule has 0 saturated carbocycles. The van der Waals surface area contributed by atoms with Gasteiger partial charge in [-0.2, -0.15) is 0 Å². The fourth-order valence-electron chi connectivity index (χ4n) is 2.96. The Bertz CT molecular complexity index is 895. The maximum absolute atomic E-state index is 13.3. The van der Waals surface area contributed by atoms with Gasteiger partial charge in [-0.3, -0.25) is 9.59 Å². The van der Waals surface area contributed by atoms with Crippen molar-refractivity contribution in [2.75, 3.05) is 6.61 Å². The Morgan fingerprint density at radius 2 is 1.84 bits per heavy atom. The summed E-state index contributed by atoms with van der Waals surface area (Å²) < 4.78 is 19.7. The molecule has 0 aliphatic heterocycles. The van der Waals surface area contributed by atoms with Crippen LogP contribution in [0.15, 0.2) is 46.9 Å². The van der Waals surface area contributed by atoms with Crippen molar-refractivity contribution in [3.8, 4) is 5.75 Å². The Balaban J connectivity index is 2.22. The molecule has 0 aliphatic rings. The Hall–Kier alpha value is -2.12. The average molecular weight is 514 g/mol. The van der Waals surface area contributed by atoms with E-state index in [2.05, 4.69) is 21.2 Å². The first-order valence-corrected chi connectivity index (χ1v) is 11.3. The molecule has 0 heterocycles. The third-order valence-electron chi connectivity index (χ3n) is 4.90. The van der Waals surface area contributed by atoms with Crippen molar-refractivity contribution in [1.82, 2.24) is 10.2 Å². The normalized spacial score (nSPS) is 12.7. The van der Waals surface area contributed by atoms with Crippen molar-refractivity contribution < 1.29 is 18.7 Å². The van der Waals surface area contributed by atoms with Crippen molar-refractivity contribution in [3.05, 3.63) is 63.3 Å². The number of hydrogen-bond acceptors (Lipinski definition) is 3. The molecule has 5 nitrogen and oxygen atoms in total. The van der Waals surface area contributed by atoms with E-state index in [1.54, 1.807) is 30.3 Å². The van der Waals surface area contributed by atoms with E-state index in [0.717, 1.165) is 10.9 Å². The zero-order valence-corrected chi connectivity index (χ0v) is 20.2. The van der Waals surface area contributed by atoms with Gasteiger partial charge in [-0.15, -0.1) is 0 Å². The van der Waals surface area contributed by atoms with Gasteiger partial charge in [0.15, 0.2) is 6.61 Å². The van der Waals surface area contributed by atoms with Crippen molar-refractivity contribution in [3.63, 3.8) is 0 Å². The lowest BCUT2D eigenvalue weighted by atomic mass is 10.1. The SMILES string of the molecule is CC[C@@H](C)NC(=O)[C@H](CC)N(Cc1ccc(F)cc1)C(=O)COc1ccc(Br)cc1Cl. The van der Waals surface area contributed by atoms with Crippen LogP contribution in [0.1, 0.15) is 39.2 Å². The lowest BCUT2D eigenvalue weighted by Crippen LogP contribution is -2.51. The third kappa shape index (κ3) is 7.51. The van der Waals surface area contributed by atoms with Gasteiger partial charge in [-0.25, -0.2) is 4.39 Å². The number of hydrogen-bond donors (Lipinski definition) is 1. The molecule has 2 amide bonds. The first kappa shape index (κ1) is 25.1. The highest BCUT2D eigenvalue weighted by Gasteiger charge is 2.29. The Kier molecular flexibility index (Phi) is 9.78. The van der Waals surface area contributed by atoms with Gasteiger partial charge in [0.2, 0.25) is 5.91 Å². The van der Waals surface area contributed by atoms with Gasteiger partial charge in [0, 0.05) is 17.1 Å². The molecule has 0 aliphatic carbocycles. The van der Waals surface area contributed by atoms with Crippen LogP contribution in [0.25, 0.3) is 0 Å². The molecular formula is C23H27BrClFN2O3. The summed E-state index contributed by atoms with van der Waals surface area (Å²) in [6.07, 6.45) is 1.20. The maximum atomic E-state index is 13.3. The van der Waals surface area contributed by atoms with Crippen molar-refractivity contribution in [1.29, 1.82) is 0 Å². The minimum absolute atomic E-state index is 0.0119. The Labute approximate surface area is 196 Å².